The van der Waals surface area contributed by atoms with Crippen molar-refractivity contribution in [1.82, 2.24) is 9.78 Å². The molecule has 0 saturated heterocycles. The molecule has 0 radical (unpaired) electrons. The summed E-state index contributed by atoms with van der Waals surface area (Å²) in [5, 5.41) is 26.6. The van der Waals surface area contributed by atoms with Crippen LogP contribution in [0.5, 0.6) is 0 Å². The predicted octanol–water partition coefficient (Wildman–Crippen LogP) is 4.82. The summed E-state index contributed by atoms with van der Waals surface area (Å²) in [6.45, 7) is 0. The fraction of sp³-hybridized carbons (Fsp3) is 0. The van der Waals surface area contributed by atoms with E-state index in [9.17, 15) is 20.0 Å². The maximum absolute atomic E-state index is 11.0. The van der Waals surface area contributed by atoms with E-state index in [0.717, 1.165) is 5.69 Å². The minimum atomic E-state index is -1.25. The van der Waals surface area contributed by atoms with Crippen LogP contribution in [-0.2, 0) is 0 Å². The van der Waals surface area contributed by atoms with Crippen molar-refractivity contribution in [3.05, 3.63) is 118 Å². The molecule has 9 nitrogen and oxygen atoms in total. The van der Waals surface area contributed by atoms with E-state index < -0.39 is 10.9 Å². The molecule has 9 heteroatoms. The number of aliphatic imine (C=N–C) groups is 1. The van der Waals surface area contributed by atoms with E-state index in [-0.39, 0.29) is 11.3 Å². The quantitative estimate of drug-likeness (QED) is 0.188. The number of furan rings is 1. The Kier molecular flexibility index (Phi) is 5.94. The lowest BCUT2D eigenvalue weighted by molar-refractivity contribution is -0.384. The van der Waals surface area contributed by atoms with Gasteiger partial charge in [-0.05, 0) is 54.1 Å². The summed E-state index contributed by atoms with van der Waals surface area (Å²) in [6, 6.07) is 25.2. The summed E-state index contributed by atoms with van der Waals surface area (Å²) in [4.78, 5) is 25.9. The first-order valence-electron chi connectivity index (χ1n) is 10.8. The molecule has 36 heavy (non-hydrogen) atoms. The minimum absolute atomic E-state index is 0.00159. The maximum atomic E-state index is 11.0. The third-order valence-corrected chi connectivity index (χ3v) is 5.42. The van der Waals surface area contributed by atoms with E-state index in [4.69, 9.17) is 9.52 Å². The molecule has 0 bridgehead atoms. The first-order chi connectivity index (χ1) is 17.5. The molecule has 5 aromatic rings. The standard InChI is InChI=1S/C27H18N4O5/c32-27(33)19-6-10-21(11-7-19)28-16-20-17-30(22-4-2-1-3-5-22)29-26(20)25-15-14-24(36-25)18-8-12-23(13-9-18)31(34)35/h1-17H,(H,32,33)/p-1. The van der Waals surface area contributed by atoms with Gasteiger partial charge in [0.15, 0.2) is 5.76 Å². The highest BCUT2D eigenvalue weighted by atomic mass is 16.6. The van der Waals surface area contributed by atoms with Gasteiger partial charge in [-0.15, -0.1) is 0 Å². The number of carboxylic acids is 1. The minimum Gasteiger partial charge on any atom is -0.545 e. The number of nitrogens with zero attached hydrogens (tertiary/aromatic N) is 4. The zero-order chi connectivity index (χ0) is 25.1. The summed E-state index contributed by atoms with van der Waals surface area (Å²) in [7, 11) is 0. The Morgan fingerprint density at radius 2 is 1.61 bits per heavy atom. The number of hydrogen-bond acceptors (Lipinski definition) is 7. The number of benzene rings is 3. The van der Waals surface area contributed by atoms with Gasteiger partial charge in [-0.2, -0.15) is 5.10 Å². The van der Waals surface area contributed by atoms with Crippen LogP contribution in [0.25, 0.3) is 28.5 Å². The number of rotatable bonds is 7. The van der Waals surface area contributed by atoms with E-state index >= 15 is 0 Å². The Bertz CT molecular complexity index is 1570. The zero-order valence-corrected chi connectivity index (χ0v) is 18.6. The summed E-state index contributed by atoms with van der Waals surface area (Å²) >= 11 is 0. The van der Waals surface area contributed by atoms with Gasteiger partial charge in [0.1, 0.15) is 11.5 Å². The number of hydrogen-bond donors (Lipinski definition) is 0. The molecule has 0 unspecified atom stereocenters. The van der Waals surface area contributed by atoms with E-state index in [1.165, 1.54) is 24.3 Å². The lowest BCUT2D eigenvalue weighted by atomic mass is 10.1. The van der Waals surface area contributed by atoms with Crippen molar-refractivity contribution in [3.8, 4) is 28.5 Å². The molecule has 0 aliphatic heterocycles. The number of carboxylic acid groups (broad SMARTS) is 1. The fourth-order valence-electron chi connectivity index (χ4n) is 3.58. The van der Waals surface area contributed by atoms with Crippen LogP contribution in [0.15, 0.2) is 107 Å². The SMILES string of the molecule is O=C([O-])c1ccc(N=Cc2cn(-c3ccccc3)nc2-c2ccc(-c3ccc([N+](=O)[O-])cc3)o2)cc1. The molecule has 0 aliphatic carbocycles. The first kappa shape index (κ1) is 22.5. The third kappa shape index (κ3) is 4.66. The van der Waals surface area contributed by atoms with Crippen molar-refractivity contribution in [3.63, 3.8) is 0 Å². The normalized spacial score (nSPS) is 11.1. The van der Waals surface area contributed by atoms with Crippen LogP contribution in [0.4, 0.5) is 11.4 Å². The number of aromatic nitrogens is 2. The maximum Gasteiger partial charge on any atom is 0.269 e. The number of non-ortho nitro benzene ring substituents is 1. The first-order valence-corrected chi connectivity index (χ1v) is 10.8. The molecule has 5 rings (SSSR count). The van der Waals surface area contributed by atoms with Crippen LogP contribution in [-0.4, -0.2) is 26.9 Å². The Labute approximate surface area is 204 Å². The molecule has 0 aliphatic rings. The lowest BCUT2D eigenvalue weighted by Crippen LogP contribution is -2.21. The molecule has 0 N–H and O–H groups in total. The van der Waals surface area contributed by atoms with Gasteiger partial charge >= 0.3 is 0 Å². The third-order valence-electron chi connectivity index (χ3n) is 5.42. The number of para-hydroxylation sites is 1. The molecule has 2 aromatic heterocycles. The summed E-state index contributed by atoms with van der Waals surface area (Å²) in [6.07, 6.45) is 3.45. The lowest BCUT2D eigenvalue weighted by Gasteiger charge is -2.01. The predicted molar refractivity (Wildman–Crippen MR) is 131 cm³/mol. The molecular formula is C27H17N4O5-. The van der Waals surface area contributed by atoms with Crippen molar-refractivity contribution < 1.29 is 19.2 Å². The summed E-state index contributed by atoms with van der Waals surface area (Å²) in [5.41, 5.74) is 3.38. The highest BCUT2D eigenvalue weighted by Crippen LogP contribution is 2.31. The van der Waals surface area contributed by atoms with Crippen molar-refractivity contribution in [2.75, 3.05) is 0 Å². The highest BCUT2D eigenvalue weighted by molar-refractivity contribution is 5.90. The number of carbonyl (C=O) groups excluding carboxylic acids is 1. The number of nitro groups is 1. The number of aromatic carboxylic acids is 1. The molecule has 0 saturated carbocycles. The Hall–Kier alpha value is -5.31. The van der Waals surface area contributed by atoms with E-state index in [1.54, 1.807) is 47.3 Å². The van der Waals surface area contributed by atoms with E-state index in [2.05, 4.69) is 4.99 Å². The number of carbonyl (C=O) groups is 1. The van der Waals surface area contributed by atoms with Gasteiger partial charge in [0.05, 0.1) is 22.3 Å². The van der Waals surface area contributed by atoms with Gasteiger partial charge in [0.2, 0.25) is 0 Å². The van der Waals surface area contributed by atoms with Gasteiger partial charge in [0.25, 0.3) is 5.69 Å². The van der Waals surface area contributed by atoms with Gasteiger partial charge in [-0.1, -0.05) is 30.3 Å². The summed E-state index contributed by atoms with van der Waals surface area (Å²) in [5.74, 6) is -0.222. The van der Waals surface area contributed by atoms with Gasteiger partial charge in [-0.3, -0.25) is 15.1 Å². The molecule has 3 aromatic carbocycles. The summed E-state index contributed by atoms with van der Waals surface area (Å²) < 4.78 is 7.77. The van der Waals surface area contributed by atoms with Gasteiger partial charge in [-0.25, -0.2) is 4.68 Å². The van der Waals surface area contributed by atoms with Crippen molar-refractivity contribution >= 4 is 23.6 Å². The zero-order valence-electron chi connectivity index (χ0n) is 18.6. The average molecular weight is 477 g/mol. The van der Waals surface area contributed by atoms with Gasteiger partial charge < -0.3 is 14.3 Å². The smallest absolute Gasteiger partial charge is 0.269 e. The molecule has 0 atom stereocenters. The van der Waals surface area contributed by atoms with Crippen LogP contribution >= 0.6 is 0 Å². The van der Waals surface area contributed by atoms with E-state index in [0.29, 0.717) is 34.0 Å². The van der Waals surface area contributed by atoms with Gasteiger partial charge in [0, 0.05) is 35.7 Å². The van der Waals surface area contributed by atoms with E-state index in [1.807, 2.05) is 36.5 Å². The van der Waals surface area contributed by atoms with Crippen LogP contribution < -0.4 is 5.11 Å². The van der Waals surface area contributed by atoms with Crippen LogP contribution in [0.1, 0.15) is 15.9 Å². The second-order valence-electron chi connectivity index (χ2n) is 7.77. The molecule has 176 valence electrons. The fourth-order valence-corrected chi connectivity index (χ4v) is 3.58. The second kappa shape index (κ2) is 9.51. The monoisotopic (exact) mass is 477 g/mol. The van der Waals surface area contributed by atoms with Crippen molar-refractivity contribution in [2.45, 2.75) is 0 Å². The molecule has 2 heterocycles. The Balaban J connectivity index is 1.51. The van der Waals surface area contributed by atoms with Crippen molar-refractivity contribution in [1.29, 1.82) is 0 Å². The molecule has 0 spiro atoms. The number of nitro benzene ring substituents is 1. The highest BCUT2D eigenvalue weighted by Gasteiger charge is 2.16. The molecular weight excluding hydrogens is 460 g/mol. The van der Waals surface area contributed by atoms with Crippen LogP contribution in [0.2, 0.25) is 0 Å². The van der Waals surface area contributed by atoms with Crippen molar-refractivity contribution in [2.24, 2.45) is 4.99 Å². The van der Waals surface area contributed by atoms with Crippen LogP contribution in [0, 0.1) is 10.1 Å². The largest absolute Gasteiger partial charge is 0.545 e. The Morgan fingerprint density at radius 3 is 2.28 bits per heavy atom. The molecule has 0 amide bonds. The Morgan fingerprint density at radius 1 is 0.917 bits per heavy atom. The topological polar surface area (TPSA) is 127 Å². The average Bonchev–Trinajstić information content (AvgIpc) is 3.56. The second-order valence-corrected chi connectivity index (χ2v) is 7.77. The van der Waals surface area contributed by atoms with Crippen LogP contribution in [0.3, 0.4) is 0 Å². The molecule has 0 fully saturated rings.